The highest BCUT2D eigenvalue weighted by Crippen LogP contribution is 2.37. The van der Waals surface area contributed by atoms with Crippen LogP contribution in [0.25, 0.3) is 11.4 Å². The van der Waals surface area contributed by atoms with Crippen LogP contribution >= 0.6 is 0 Å². The third kappa shape index (κ3) is 3.00. The predicted octanol–water partition coefficient (Wildman–Crippen LogP) is 1.95. The number of rotatable bonds is 2. The monoisotopic (exact) mass is 321 g/mol. The minimum atomic E-state index is -5.07. The fourth-order valence-electron chi connectivity index (χ4n) is 1.67. The van der Waals surface area contributed by atoms with Crippen molar-refractivity contribution in [3.8, 4) is 11.4 Å². The highest BCUT2D eigenvalue weighted by molar-refractivity contribution is 7.89. The number of nitrogens with two attached hydrogens (primary N) is 1. The van der Waals surface area contributed by atoms with Gasteiger partial charge in [-0.05, 0) is 18.2 Å². The topological polar surface area (TPSA) is 85.9 Å². The van der Waals surface area contributed by atoms with Crippen molar-refractivity contribution in [2.45, 2.75) is 11.1 Å². The lowest BCUT2D eigenvalue weighted by Crippen LogP contribution is -2.21. The number of primary sulfonamides is 1. The summed E-state index contributed by atoms with van der Waals surface area (Å²) < 4.78 is 75.1. The normalized spacial score (nSPS) is 12.4. The maximum absolute atomic E-state index is 14.2. The molecule has 0 fully saturated rings. The molecule has 0 radical (unpaired) electrons. The number of hydrogen-bond donors (Lipinski definition) is 1. The molecule has 0 aliphatic rings. The van der Waals surface area contributed by atoms with Crippen LogP contribution in [0.3, 0.4) is 0 Å². The molecule has 0 atom stereocenters. The smallest absolute Gasteiger partial charge is 0.236 e. The van der Waals surface area contributed by atoms with E-state index in [2.05, 4.69) is 9.97 Å². The van der Waals surface area contributed by atoms with E-state index in [4.69, 9.17) is 5.14 Å². The lowest BCUT2D eigenvalue weighted by molar-refractivity contribution is -0.140. The summed E-state index contributed by atoms with van der Waals surface area (Å²) >= 11 is 0. The third-order valence-electron chi connectivity index (χ3n) is 2.49. The van der Waals surface area contributed by atoms with Gasteiger partial charge in [0.25, 0.3) is 0 Å². The number of aromatic nitrogens is 2. The van der Waals surface area contributed by atoms with Gasteiger partial charge in [0.2, 0.25) is 10.0 Å². The van der Waals surface area contributed by atoms with Gasteiger partial charge < -0.3 is 0 Å². The van der Waals surface area contributed by atoms with Gasteiger partial charge in [0.1, 0.15) is 4.90 Å². The van der Waals surface area contributed by atoms with Crippen molar-refractivity contribution in [2.24, 2.45) is 5.14 Å². The Labute approximate surface area is 116 Å². The van der Waals surface area contributed by atoms with Crippen molar-refractivity contribution in [2.75, 3.05) is 0 Å². The van der Waals surface area contributed by atoms with Gasteiger partial charge in [-0.15, -0.1) is 0 Å². The standard InChI is InChI=1S/C11H7F4N3O2S/c12-8-6(10-17-4-1-5-18-10)2-3-7(11(13,14)15)9(8)21(16,19)20/h1-5H,(H2,16,19,20). The zero-order valence-electron chi connectivity index (χ0n) is 10.1. The van der Waals surface area contributed by atoms with Crippen molar-refractivity contribution < 1.29 is 26.0 Å². The van der Waals surface area contributed by atoms with Crippen LogP contribution in [-0.2, 0) is 16.2 Å². The number of nitrogens with zero attached hydrogens (tertiary/aromatic N) is 2. The van der Waals surface area contributed by atoms with E-state index in [0.29, 0.717) is 6.07 Å². The van der Waals surface area contributed by atoms with Gasteiger partial charge >= 0.3 is 6.18 Å². The summed E-state index contributed by atoms with van der Waals surface area (Å²) in [5, 5.41) is 4.69. The van der Waals surface area contributed by atoms with Crippen molar-refractivity contribution in [1.29, 1.82) is 0 Å². The van der Waals surface area contributed by atoms with Crippen molar-refractivity contribution in [1.82, 2.24) is 9.97 Å². The van der Waals surface area contributed by atoms with Crippen LogP contribution in [-0.4, -0.2) is 18.4 Å². The average molecular weight is 321 g/mol. The quantitative estimate of drug-likeness (QED) is 0.857. The molecule has 0 amide bonds. The Morgan fingerprint density at radius 3 is 2.14 bits per heavy atom. The Bertz CT molecular complexity index is 776. The van der Waals surface area contributed by atoms with Gasteiger partial charge in [0.05, 0.1) is 11.1 Å². The molecule has 2 rings (SSSR count). The molecular weight excluding hydrogens is 314 g/mol. The highest BCUT2D eigenvalue weighted by Gasteiger charge is 2.39. The second-order valence-corrected chi connectivity index (χ2v) is 5.42. The Hall–Kier alpha value is -2.07. The molecule has 0 bridgehead atoms. The Balaban J connectivity index is 2.82. The molecule has 21 heavy (non-hydrogen) atoms. The fraction of sp³-hybridized carbons (Fsp3) is 0.0909. The second kappa shape index (κ2) is 5.04. The molecule has 5 nitrogen and oxygen atoms in total. The first kappa shape index (κ1) is 15.3. The minimum Gasteiger partial charge on any atom is -0.236 e. The van der Waals surface area contributed by atoms with Gasteiger partial charge in [0, 0.05) is 12.4 Å². The van der Waals surface area contributed by atoms with Gasteiger partial charge in [-0.2, -0.15) is 13.2 Å². The maximum atomic E-state index is 14.2. The summed E-state index contributed by atoms with van der Waals surface area (Å²) in [6.45, 7) is 0. The first-order valence-electron chi connectivity index (χ1n) is 5.32. The fourth-order valence-corrected chi connectivity index (χ4v) is 2.52. The molecule has 1 aromatic carbocycles. The third-order valence-corrected chi connectivity index (χ3v) is 3.46. The minimum absolute atomic E-state index is 0.256. The molecule has 2 aromatic rings. The SMILES string of the molecule is NS(=O)(=O)c1c(C(F)(F)F)ccc(-c2ncccn2)c1F. The molecule has 0 saturated heterocycles. The van der Waals surface area contributed by atoms with Gasteiger partial charge in [-0.1, -0.05) is 0 Å². The van der Waals surface area contributed by atoms with E-state index >= 15 is 0 Å². The molecule has 1 aromatic heterocycles. The van der Waals surface area contributed by atoms with Crippen molar-refractivity contribution in [3.63, 3.8) is 0 Å². The number of sulfonamides is 1. The van der Waals surface area contributed by atoms with Crippen LogP contribution in [0.4, 0.5) is 17.6 Å². The molecule has 112 valence electrons. The van der Waals surface area contributed by atoms with E-state index in [0.717, 1.165) is 6.07 Å². The molecule has 0 aliphatic heterocycles. The summed E-state index contributed by atoms with van der Waals surface area (Å²) in [6, 6.07) is 2.59. The van der Waals surface area contributed by atoms with Crippen LogP contribution < -0.4 is 5.14 Å². The Kier molecular flexibility index (Phi) is 3.68. The summed E-state index contributed by atoms with van der Waals surface area (Å²) in [4.78, 5) is 5.69. The van der Waals surface area contributed by atoms with Gasteiger partial charge in [0.15, 0.2) is 11.6 Å². The van der Waals surface area contributed by atoms with E-state index < -0.39 is 38.0 Å². The molecule has 2 N–H and O–H groups in total. The Morgan fingerprint density at radius 1 is 1.10 bits per heavy atom. The first-order chi connectivity index (χ1) is 9.62. The summed E-state index contributed by atoms with van der Waals surface area (Å²) in [7, 11) is -4.93. The first-order valence-corrected chi connectivity index (χ1v) is 6.87. The van der Waals surface area contributed by atoms with Gasteiger partial charge in [-0.25, -0.2) is 27.9 Å². The van der Waals surface area contributed by atoms with Crippen LogP contribution in [0.1, 0.15) is 5.56 Å². The predicted molar refractivity (Wildman–Crippen MR) is 63.8 cm³/mol. The molecule has 0 saturated carbocycles. The molecule has 0 aliphatic carbocycles. The average Bonchev–Trinajstić information content (AvgIpc) is 2.36. The Morgan fingerprint density at radius 2 is 1.67 bits per heavy atom. The number of hydrogen-bond acceptors (Lipinski definition) is 4. The maximum Gasteiger partial charge on any atom is 0.417 e. The van der Waals surface area contributed by atoms with E-state index in [9.17, 15) is 26.0 Å². The van der Waals surface area contributed by atoms with E-state index in [1.807, 2.05) is 0 Å². The molecule has 10 heteroatoms. The largest absolute Gasteiger partial charge is 0.417 e. The molecule has 1 heterocycles. The lowest BCUT2D eigenvalue weighted by Gasteiger charge is -2.14. The van der Waals surface area contributed by atoms with Crippen LogP contribution in [0.2, 0.25) is 0 Å². The van der Waals surface area contributed by atoms with Crippen molar-refractivity contribution >= 4 is 10.0 Å². The zero-order chi connectivity index (χ0) is 15.8. The van der Waals surface area contributed by atoms with Gasteiger partial charge in [-0.3, -0.25) is 0 Å². The van der Waals surface area contributed by atoms with E-state index in [1.54, 1.807) is 0 Å². The molecule has 0 unspecified atom stereocenters. The summed E-state index contributed by atoms with van der Waals surface area (Å²) in [5.41, 5.74) is -2.17. The summed E-state index contributed by atoms with van der Waals surface area (Å²) in [6.07, 6.45) is -2.61. The van der Waals surface area contributed by atoms with E-state index in [-0.39, 0.29) is 5.82 Å². The van der Waals surface area contributed by atoms with Crippen LogP contribution in [0.5, 0.6) is 0 Å². The zero-order valence-corrected chi connectivity index (χ0v) is 10.9. The summed E-state index contributed by atoms with van der Waals surface area (Å²) in [5.74, 6) is -1.90. The van der Waals surface area contributed by atoms with Crippen molar-refractivity contribution in [3.05, 3.63) is 42.0 Å². The second-order valence-electron chi connectivity index (χ2n) is 3.92. The highest BCUT2D eigenvalue weighted by atomic mass is 32.2. The molecular formula is C11H7F4N3O2S. The number of alkyl halides is 3. The van der Waals surface area contributed by atoms with Crippen LogP contribution in [0, 0.1) is 5.82 Å². The lowest BCUT2D eigenvalue weighted by atomic mass is 10.1. The number of halogens is 4. The number of benzene rings is 1. The van der Waals surface area contributed by atoms with Crippen LogP contribution in [0.15, 0.2) is 35.5 Å². The van der Waals surface area contributed by atoms with E-state index in [1.165, 1.54) is 18.5 Å². The molecule has 0 spiro atoms.